The average Bonchev–Trinajstić information content (AvgIpc) is 2.60. The topological polar surface area (TPSA) is 41.6 Å². The molecular formula is C20H25ClN2O2. The zero-order valence-corrected chi connectivity index (χ0v) is 15.7. The first kappa shape index (κ1) is 19.3. The standard InChI is InChI=1S/C20H25ClN2O2/c1-23(2)19(16-5-4-6-17(21)13-16)14-22-20(24)12-9-15-7-10-18(25-3)11-8-15/h4-8,10-11,13,19H,9,12,14H2,1-3H3,(H,22,24). The lowest BCUT2D eigenvalue weighted by atomic mass is 10.1. The van der Waals surface area contributed by atoms with Crippen molar-refractivity contribution in [1.29, 1.82) is 0 Å². The second-order valence-corrected chi connectivity index (χ2v) is 6.62. The molecule has 134 valence electrons. The van der Waals surface area contributed by atoms with Gasteiger partial charge in [-0.25, -0.2) is 0 Å². The molecule has 1 atom stereocenters. The maximum Gasteiger partial charge on any atom is 0.220 e. The Kier molecular flexibility index (Phi) is 7.29. The highest BCUT2D eigenvalue weighted by Crippen LogP contribution is 2.21. The molecule has 1 unspecified atom stereocenters. The summed E-state index contributed by atoms with van der Waals surface area (Å²) in [6.45, 7) is 0.550. The molecule has 2 aromatic rings. The van der Waals surface area contributed by atoms with Gasteiger partial charge in [0.25, 0.3) is 0 Å². The number of rotatable bonds is 8. The van der Waals surface area contributed by atoms with Gasteiger partial charge in [0.15, 0.2) is 0 Å². The lowest BCUT2D eigenvalue weighted by Gasteiger charge is -2.25. The third-order valence-corrected chi connectivity index (χ3v) is 4.38. The molecule has 0 aliphatic rings. The Bertz CT molecular complexity index is 686. The number of carbonyl (C=O) groups is 1. The largest absolute Gasteiger partial charge is 0.497 e. The fourth-order valence-electron chi connectivity index (χ4n) is 2.66. The van der Waals surface area contributed by atoms with Crippen LogP contribution >= 0.6 is 11.6 Å². The number of ether oxygens (including phenoxy) is 1. The van der Waals surface area contributed by atoms with Crippen molar-refractivity contribution < 1.29 is 9.53 Å². The molecule has 2 aromatic carbocycles. The molecule has 0 spiro atoms. The number of hydrogen-bond donors (Lipinski definition) is 1. The van der Waals surface area contributed by atoms with Crippen LogP contribution in [0.3, 0.4) is 0 Å². The van der Waals surface area contributed by atoms with Crippen molar-refractivity contribution in [3.8, 4) is 5.75 Å². The van der Waals surface area contributed by atoms with Gasteiger partial charge in [0.2, 0.25) is 5.91 Å². The predicted molar refractivity (Wildman–Crippen MR) is 102 cm³/mol. The second kappa shape index (κ2) is 9.44. The highest BCUT2D eigenvalue weighted by Gasteiger charge is 2.15. The van der Waals surface area contributed by atoms with E-state index in [1.54, 1.807) is 7.11 Å². The minimum absolute atomic E-state index is 0.0460. The van der Waals surface area contributed by atoms with E-state index < -0.39 is 0 Å². The molecule has 2 rings (SSSR count). The number of amides is 1. The molecule has 0 bridgehead atoms. The number of carbonyl (C=O) groups excluding carboxylic acids is 1. The van der Waals surface area contributed by atoms with Crippen molar-refractivity contribution in [2.45, 2.75) is 18.9 Å². The van der Waals surface area contributed by atoms with Gasteiger partial charge in [-0.1, -0.05) is 35.9 Å². The highest BCUT2D eigenvalue weighted by atomic mass is 35.5. The monoisotopic (exact) mass is 360 g/mol. The van der Waals surface area contributed by atoms with Crippen molar-refractivity contribution in [2.75, 3.05) is 27.7 Å². The number of hydrogen-bond acceptors (Lipinski definition) is 3. The van der Waals surface area contributed by atoms with Gasteiger partial charge in [-0.2, -0.15) is 0 Å². The van der Waals surface area contributed by atoms with E-state index in [4.69, 9.17) is 16.3 Å². The number of nitrogens with one attached hydrogen (secondary N) is 1. The average molecular weight is 361 g/mol. The van der Waals surface area contributed by atoms with Crippen molar-refractivity contribution in [1.82, 2.24) is 10.2 Å². The molecule has 1 amide bonds. The fraction of sp³-hybridized carbons (Fsp3) is 0.350. The summed E-state index contributed by atoms with van der Waals surface area (Å²) in [5, 5.41) is 3.73. The fourth-order valence-corrected chi connectivity index (χ4v) is 2.86. The van der Waals surface area contributed by atoms with E-state index in [-0.39, 0.29) is 11.9 Å². The number of nitrogens with zero attached hydrogens (tertiary/aromatic N) is 1. The molecule has 0 fully saturated rings. The van der Waals surface area contributed by atoms with Gasteiger partial charge < -0.3 is 15.0 Å². The van der Waals surface area contributed by atoms with E-state index in [1.165, 1.54) is 0 Å². The van der Waals surface area contributed by atoms with Crippen molar-refractivity contribution >= 4 is 17.5 Å². The maximum atomic E-state index is 12.2. The minimum atomic E-state index is 0.0460. The van der Waals surface area contributed by atoms with Crippen LogP contribution in [-0.2, 0) is 11.2 Å². The molecule has 0 aliphatic carbocycles. The molecule has 0 saturated carbocycles. The van der Waals surface area contributed by atoms with Gasteiger partial charge in [-0.05, 0) is 55.9 Å². The number of halogens is 1. The first-order chi connectivity index (χ1) is 12.0. The molecule has 25 heavy (non-hydrogen) atoms. The van der Waals surface area contributed by atoms with E-state index in [9.17, 15) is 4.79 Å². The summed E-state index contributed by atoms with van der Waals surface area (Å²) < 4.78 is 5.14. The van der Waals surface area contributed by atoms with Gasteiger partial charge >= 0.3 is 0 Å². The third kappa shape index (κ3) is 6.07. The van der Waals surface area contributed by atoms with Crippen LogP contribution in [0.5, 0.6) is 5.75 Å². The Balaban J connectivity index is 1.86. The summed E-state index contributed by atoms with van der Waals surface area (Å²) in [4.78, 5) is 14.3. The Morgan fingerprint density at radius 1 is 1.20 bits per heavy atom. The van der Waals surface area contributed by atoms with Crippen molar-refractivity contribution in [3.63, 3.8) is 0 Å². The smallest absolute Gasteiger partial charge is 0.220 e. The molecule has 0 saturated heterocycles. The zero-order chi connectivity index (χ0) is 18.2. The molecule has 0 heterocycles. The van der Waals surface area contributed by atoms with Crippen LogP contribution in [0.25, 0.3) is 0 Å². The summed E-state index contributed by atoms with van der Waals surface area (Å²) in [6.07, 6.45) is 1.17. The van der Waals surface area contributed by atoms with E-state index in [0.29, 0.717) is 24.4 Å². The molecule has 4 nitrogen and oxygen atoms in total. The molecule has 5 heteroatoms. The predicted octanol–water partition coefficient (Wildman–Crippen LogP) is 3.70. The Hall–Kier alpha value is -2.04. The van der Waals surface area contributed by atoms with Gasteiger partial charge in [-0.15, -0.1) is 0 Å². The number of likely N-dealkylation sites (N-methyl/N-ethyl adjacent to an activating group) is 1. The Morgan fingerprint density at radius 2 is 1.92 bits per heavy atom. The molecule has 0 aliphatic heterocycles. The van der Waals surface area contributed by atoms with Crippen LogP contribution in [0.1, 0.15) is 23.6 Å². The van der Waals surface area contributed by atoms with E-state index in [0.717, 1.165) is 16.9 Å². The first-order valence-electron chi connectivity index (χ1n) is 8.31. The second-order valence-electron chi connectivity index (χ2n) is 6.19. The quantitative estimate of drug-likeness (QED) is 0.780. The van der Waals surface area contributed by atoms with Crippen molar-refractivity contribution in [3.05, 3.63) is 64.7 Å². The lowest BCUT2D eigenvalue weighted by Crippen LogP contribution is -2.34. The molecular weight excluding hydrogens is 336 g/mol. The third-order valence-electron chi connectivity index (χ3n) is 4.15. The zero-order valence-electron chi connectivity index (χ0n) is 15.0. The van der Waals surface area contributed by atoms with Crippen LogP contribution in [0.2, 0.25) is 5.02 Å². The van der Waals surface area contributed by atoms with Crippen molar-refractivity contribution in [2.24, 2.45) is 0 Å². The summed E-state index contributed by atoms with van der Waals surface area (Å²) in [5.74, 6) is 0.869. The van der Waals surface area contributed by atoms with Crippen LogP contribution in [0.4, 0.5) is 0 Å². The minimum Gasteiger partial charge on any atom is -0.497 e. The van der Waals surface area contributed by atoms with Gasteiger partial charge in [0.1, 0.15) is 5.75 Å². The number of aryl methyl sites for hydroxylation is 1. The van der Waals surface area contributed by atoms with Crippen LogP contribution in [0, 0.1) is 0 Å². The Morgan fingerprint density at radius 3 is 2.52 bits per heavy atom. The maximum absolute atomic E-state index is 12.2. The van der Waals surface area contributed by atoms with E-state index in [1.807, 2.05) is 62.6 Å². The number of methoxy groups -OCH3 is 1. The Labute approximate surface area is 154 Å². The first-order valence-corrected chi connectivity index (χ1v) is 8.69. The van der Waals surface area contributed by atoms with Gasteiger partial charge in [0.05, 0.1) is 13.2 Å². The van der Waals surface area contributed by atoms with Crippen LogP contribution in [0.15, 0.2) is 48.5 Å². The van der Waals surface area contributed by atoms with Crippen LogP contribution in [-0.4, -0.2) is 38.6 Å². The summed E-state index contributed by atoms with van der Waals surface area (Å²) in [6, 6.07) is 15.6. The highest BCUT2D eigenvalue weighted by molar-refractivity contribution is 6.30. The summed E-state index contributed by atoms with van der Waals surface area (Å²) in [5.41, 5.74) is 2.21. The number of benzene rings is 2. The van der Waals surface area contributed by atoms with Crippen LogP contribution < -0.4 is 10.1 Å². The summed E-state index contributed by atoms with van der Waals surface area (Å²) >= 11 is 6.08. The van der Waals surface area contributed by atoms with Gasteiger partial charge in [-0.3, -0.25) is 4.79 Å². The van der Waals surface area contributed by atoms with E-state index in [2.05, 4.69) is 10.2 Å². The van der Waals surface area contributed by atoms with Gasteiger partial charge in [0, 0.05) is 18.0 Å². The SMILES string of the molecule is COc1ccc(CCC(=O)NCC(c2cccc(Cl)c2)N(C)C)cc1. The normalized spacial score (nSPS) is 12.0. The summed E-state index contributed by atoms with van der Waals surface area (Å²) in [7, 11) is 5.63. The van der Waals surface area contributed by atoms with E-state index >= 15 is 0 Å². The molecule has 1 N–H and O–H groups in total. The molecule has 0 radical (unpaired) electrons. The molecule has 0 aromatic heterocycles. The lowest BCUT2D eigenvalue weighted by molar-refractivity contribution is -0.121.